The molecular formula is C14H18N2O2S2. The monoisotopic (exact) mass is 310 g/mol. The first kappa shape index (κ1) is 15.2. The van der Waals surface area contributed by atoms with Crippen LogP contribution in [-0.2, 0) is 16.6 Å². The van der Waals surface area contributed by atoms with E-state index in [0.717, 1.165) is 21.8 Å². The molecule has 2 aromatic rings. The molecule has 0 saturated heterocycles. The van der Waals surface area contributed by atoms with Gasteiger partial charge in [0.1, 0.15) is 0 Å². The van der Waals surface area contributed by atoms with E-state index in [4.69, 9.17) is 0 Å². The Kier molecular flexibility index (Phi) is 4.27. The lowest BCUT2D eigenvalue weighted by molar-refractivity contribution is 0.462. The van der Waals surface area contributed by atoms with Crippen molar-refractivity contribution in [2.24, 2.45) is 0 Å². The molecule has 0 amide bonds. The van der Waals surface area contributed by atoms with Gasteiger partial charge in [0, 0.05) is 12.4 Å². The van der Waals surface area contributed by atoms with E-state index in [9.17, 15) is 8.42 Å². The van der Waals surface area contributed by atoms with Crippen LogP contribution < -0.4 is 0 Å². The van der Waals surface area contributed by atoms with E-state index in [-0.39, 0.29) is 0 Å². The molecule has 0 aliphatic rings. The normalized spacial score (nSPS) is 12.1. The van der Waals surface area contributed by atoms with Gasteiger partial charge in [0.15, 0.2) is 0 Å². The quantitative estimate of drug-likeness (QED) is 0.872. The zero-order chi connectivity index (χ0) is 14.9. The van der Waals surface area contributed by atoms with Gasteiger partial charge in [-0.15, -0.1) is 11.3 Å². The van der Waals surface area contributed by atoms with E-state index in [2.05, 4.69) is 4.98 Å². The first-order valence-corrected chi connectivity index (χ1v) is 8.57. The maximum atomic E-state index is 12.5. The Morgan fingerprint density at radius 1 is 1.20 bits per heavy atom. The van der Waals surface area contributed by atoms with Crippen LogP contribution in [0.5, 0.6) is 0 Å². The van der Waals surface area contributed by atoms with Crippen molar-refractivity contribution in [3.05, 3.63) is 45.4 Å². The van der Waals surface area contributed by atoms with E-state index in [0.29, 0.717) is 11.4 Å². The molecule has 4 nitrogen and oxygen atoms in total. The SMILES string of the molecule is Cc1nc(CN(C)S(=O)(=O)c2ccc(C)c(C)c2)cs1. The molecule has 0 bridgehead atoms. The van der Waals surface area contributed by atoms with Crippen molar-refractivity contribution < 1.29 is 8.42 Å². The van der Waals surface area contributed by atoms with Crippen molar-refractivity contribution in [1.82, 2.24) is 9.29 Å². The second-order valence-corrected chi connectivity index (χ2v) is 7.97. The molecule has 0 aliphatic heterocycles. The summed E-state index contributed by atoms with van der Waals surface area (Å²) < 4.78 is 26.4. The minimum absolute atomic E-state index is 0.291. The lowest BCUT2D eigenvalue weighted by Crippen LogP contribution is -2.26. The molecular weight excluding hydrogens is 292 g/mol. The van der Waals surface area contributed by atoms with Crippen molar-refractivity contribution in [2.45, 2.75) is 32.2 Å². The van der Waals surface area contributed by atoms with Gasteiger partial charge in [0.25, 0.3) is 0 Å². The molecule has 0 spiro atoms. The Labute approximate surface area is 124 Å². The number of aromatic nitrogens is 1. The average Bonchev–Trinajstić information content (AvgIpc) is 2.78. The van der Waals surface area contributed by atoms with Gasteiger partial charge in [0.05, 0.1) is 22.1 Å². The van der Waals surface area contributed by atoms with Crippen molar-refractivity contribution in [1.29, 1.82) is 0 Å². The van der Waals surface area contributed by atoms with Crippen molar-refractivity contribution >= 4 is 21.4 Å². The summed E-state index contributed by atoms with van der Waals surface area (Å²) in [6, 6.07) is 5.21. The van der Waals surface area contributed by atoms with Gasteiger partial charge in [-0.2, -0.15) is 4.31 Å². The molecule has 6 heteroatoms. The smallest absolute Gasteiger partial charge is 0.243 e. The summed E-state index contributed by atoms with van der Waals surface area (Å²) in [4.78, 5) is 4.63. The summed E-state index contributed by atoms with van der Waals surface area (Å²) in [7, 11) is -1.89. The van der Waals surface area contributed by atoms with E-state index in [1.165, 1.54) is 15.6 Å². The molecule has 1 aromatic heterocycles. The van der Waals surface area contributed by atoms with Gasteiger partial charge in [0.2, 0.25) is 10.0 Å². The van der Waals surface area contributed by atoms with Crippen molar-refractivity contribution in [2.75, 3.05) is 7.05 Å². The second-order valence-electron chi connectivity index (χ2n) is 4.87. The van der Waals surface area contributed by atoms with Gasteiger partial charge in [-0.05, 0) is 44.0 Å². The molecule has 0 N–H and O–H groups in total. The maximum Gasteiger partial charge on any atom is 0.243 e. The highest BCUT2D eigenvalue weighted by Gasteiger charge is 2.22. The maximum absolute atomic E-state index is 12.5. The topological polar surface area (TPSA) is 50.3 Å². The highest BCUT2D eigenvalue weighted by Crippen LogP contribution is 2.20. The number of thiazole rings is 1. The summed E-state index contributed by atoms with van der Waals surface area (Å²) in [5, 5.41) is 2.83. The van der Waals surface area contributed by atoms with Crippen LogP contribution in [-0.4, -0.2) is 24.8 Å². The molecule has 0 radical (unpaired) electrons. The highest BCUT2D eigenvalue weighted by molar-refractivity contribution is 7.89. The fraction of sp³-hybridized carbons (Fsp3) is 0.357. The zero-order valence-corrected chi connectivity index (χ0v) is 13.7. The van der Waals surface area contributed by atoms with Gasteiger partial charge in [-0.3, -0.25) is 0 Å². The van der Waals surface area contributed by atoms with Gasteiger partial charge in [-0.25, -0.2) is 13.4 Å². The fourth-order valence-electron chi connectivity index (χ4n) is 1.85. The van der Waals surface area contributed by atoms with Crippen molar-refractivity contribution in [3.8, 4) is 0 Å². The minimum Gasteiger partial charge on any atom is -0.245 e. The van der Waals surface area contributed by atoms with Crippen LogP contribution in [0.3, 0.4) is 0 Å². The van der Waals surface area contributed by atoms with Crippen LogP contribution in [0.25, 0.3) is 0 Å². The number of nitrogens with zero attached hydrogens (tertiary/aromatic N) is 2. The van der Waals surface area contributed by atoms with Crippen LogP contribution in [0.4, 0.5) is 0 Å². The lowest BCUT2D eigenvalue weighted by Gasteiger charge is -2.16. The molecule has 1 aromatic carbocycles. The Bertz CT molecular complexity index is 721. The first-order chi connectivity index (χ1) is 9.30. The van der Waals surface area contributed by atoms with Gasteiger partial charge < -0.3 is 0 Å². The minimum atomic E-state index is -3.47. The van der Waals surface area contributed by atoms with Crippen LogP contribution in [0, 0.1) is 20.8 Å². The van der Waals surface area contributed by atoms with Crippen LogP contribution >= 0.6 is 11.3 Å². The van der Waals surface area contributed by atoms with Crippen LogP contribution in [0.1, 0.15) is 21.8 Å². The molecule has 0 aliphatic carbocycles. The van der Waals surface area contributed by atoms with Gasteiger partial charge in [-0.1, -0.05) is 6.07 Å². The van der Waals surface area contributed by atoms with E-state index >= 15 is 0 Å². The number of rotatable bonds is 4. The second kappa shape index (κ2) is 5.63. The Balaban J connectivity index is 2.27. The number of aryl methyl sites for hydroxylation is 3. The molecule has 1 heterocycles. The Hall–Kier alpha value is -1.24. The van der Waals surface area contributed by atoms with E-state index < -0.39 is 10.0 Å². The number of sulfonamides is 1. The predicted molar refractivity (Wildman–Crippen MR) is 81.4 cm³/mol. The van der Waals surface area contributed by atoms with Crippen LogP contribution in [0.15, 0.2) is 28.5 Å². The first-order valence-electron chi connectivity index (χ1n) is 6.25. The summed E-state index contributed by atoms with van der Waals surface area (Å²) in [6.07, 6.45) is 0. The standard InChI is InChI=1S/C14H18N2O2S2/c1-10-5-6-14(7-11(10)2)20(17,18)16(4)8-13-9-19-12(3)15-13/h5-7,9H,8H2,1-4H3. The Morgan fingerprint density at radius 2 is 1.90 bits per heavy atom. The number of hydrogen-bond acceptors (Lipinski definition) is 4. The lowest BCUT2D eigenvalue weighted by atomic mass is 10.1. The molecule has 20 heavy (non-hydrogen) atoms. The third-order valence-electron chi connectivity index (χ3n) is 3.24. The molecule has 0 atom stereocenters. The summed E-state index contributed by atoms with van der Waals surface area (Å²) in [5.41, 5.74) is 2.84. The van der Waals surface area contributed by atoms with Crippen LogP contribution in [0.2, 0.25) is 0 Å². The van der Waals surface area contributed by atoms with Crippen molar-refractivity contribution in [3.63, 3.8) is 0 Å². The summed E-state index contributed by atoms with van der Waals surface area (Å²) in [5.74, 6) is 0. The third kappa shape index (κ3) is 3.08. The molecule has 2 rings (SSSR count). The highest BCUT2D eigenvalue weighted by atomic mass is 32.2. The molecule has 0 unspecified atom stereocenters. The summed E-state index contributed by atoms with van der Waals surface area (Å²) in [6.45, 7) is 6.08. The largest absolute Gasteiger partial charge is 0.245 e. The van der Waals surface area contributed by atoms with E-state index in [1.54, 1.807) is 19.2 Å². The molecule has 0 fully saturated rings. The van der Waals surface area contributed by atoms with Gasteiger partial charge >= 0.3 is 0 Å². The number of benzene rings is 1. The molecule has 108 valence electrons. The molecule has 0 saturated carbocycles. The zero-order valence-electron chi connectivity index (χ0n) is 12.0. The fourth-order valence-corrected chi connectivity index (χ4v) is 3.68. The predicted octanol–water partition coefficient (Wildman–Crippen LogP) is 2.89. The summed E-state index contributed by atoms with van der Waals surface area (Å²) >= 11 is 1.52. The Morgan fingerprint density at radius 3 is 2.45 bits per heavy atom. The average molecular weight is 310 g/mol. The van der Waals surface area contributed by atoms with E-state index in [1.807, 2.05) is 32.2 Å². The number of hydrogen-bond donors (Lipinski definition) is 0. The third-order valence-corrected chi connectivity index (χ3v) is 5.86.